The van der Waals surface area contributed by atoms with Gasteiger partial charge in [0.25, 0.3) is 0 Å². The van der Waals surface area contributed by atoms with Crippen LogP contribution in [0.15, 0.2) is 53.0 Å². The van der Waals surface area contributed by atoms with Gasteiger partial charge in [-0.05, 0) is 36.4 Å². The van der Waals surface area contributed by atoms with Crippen LogP contribution in [0.25, 0.3) is 11.0 Å². The number of hydrogen-bond donors (Lipinski definition) is 1. The van der Waals surface area contributed by atoms with E-state index in [-0.39, 0.29) is 11.7 Å². The largest absolute Gasteiger partial charge is 0.326 e. The Balaban J connectivity index is 1.71. The van der Waals surface area contributed by atoms with Gasteiger partial charge >= 0.3 is 0 Å². The number of carbonyl (C=O) groups is 2. The molecule has 0 fully saturated rings. The van der Waals surface area contributed by atoms with Gasteiger partial charge in [-0.3, -0.25) is 9.59 Å². The second-order valence-electron chi connectivity index (χ2n) is 5.76. The summed E-state index contributed by atoms with van der Waals surface area (Å²) in [5.41, 5.74) is 2.43. The van der Waals surface area contributed by atoms with Crippen molar-refractivity contribution in [3.63, 3.8) is 0 Å². The van der Waals surface area contributed by atoms with Crippen LogP contribution in [0.2, 0.25) is 0 Å². The minimum atomic E-state index is -0.866. The maximum absolute atomic E-state index is 12.7. The lowest BCUT2D eigenvalue weighted by molar-refractivity contribution is -0.128. The maximum Gasteiger partial charge on any atom is 0.242 e. The van der Waals surface area contributed by atoms with Crippen molar-refractivity contribution in [1.82, 2.24) is 9.55 Å². The fourth-order valence-corrected chi connectivity index (χ4v) is 3.34. The third kappa shape index (κ3) is 2.53. The molecular weight excluding hydrogens is 370 g/mol. The Morgan fingerprint density at radius 2 is 1.92 bits per heavy atom. The number of halogens is 1. The number of nitrogens with zero attached hydrogens (tertiary/aromatic N) is 2. The van der Waals surface area contributed by atoms with Crippen molar-refractivity contribution in [3.05, 3.63) is 58.8 Å². The Morgan fingerprint density at radius 3 is 2.71 bits per heavy atom. The Bertz CT molecular complexity index is 947. The van der Waals surface area contributed by atoms with Gasteiger partial charge in [0.1, 0.15) is 5.82 Å². The Kier molecular flexibility index (Phi) is 3.69. The number of para-hydroxylation sites is 2. The number of imidazole rings is 1. The number of rotatable bonds is 2. The van der Waals surface area contributed by atoms with Crippen LogP contribution in [-0.2, 0) is 16.1 Å². The van der Waals surface area contributed by atoms with Crippen LogP contribution < -0.4 is 5.32 Å². The number of ketones is 1. The van der Waals surface area contributed by atoms with Crippen LogP contribution in [0.1, 0.15) is 18.2 Å². The van der Waals surface area contributed by atoms with Crippen molar-refractivity contribution in [1.29, 1.82) is 0 Å². The third-order valence-electron chi connectivity index (χ3n) is 4.22. The van der Waals surface area contributed by atoms with E-state index in [1.165, 1.54) is 0 Å². The summed E-state index contributed by atoms with van der Waals surface area (Å²) in [6.07, 6.45) is 0.339. The van der Waals surface area contributed by atoms with Gasteiger partial charge in [0, 0.05) is 23.1 Å². The molecular formula is C18H14BrN3O2. The molecule has 4 rings (SSSR count). The van der Waals surface area contributed by atoms with Crippen molar-refractivity contribution in [3.8, 4) is 0 Å². The Hall–Kier alpha value is -2.47. The molecule has 1 unspecified atom stereocenters. The number of amides is 1. The minimum absolute atomic E-state index is 0.0904. The van der Waals surface area contributed by atoms with Crippen LogP contribution in [0.4, 0.5) is 5.69 Å². The lowest BCUT2D eigenvalue weighted by Gasteiger charge is -2.22. The summed E-state index contributed by atoms with van der Waals surface area (Å²) >= 11 is 3.36. The second-order valence-corrected chi connectivity index (χ2v) is 6.67. The fourth-order valence-electron chi connectivity index (χ4n) is 3.07. The average molecular weight is 384 g/mol. The van der Waals surface area contributed by atoms with Crippen LogP contribution >= 0.6 is 15.9 Å². The molecule has 0 radical (unpaired) electrons. The SMILES string of the molecule is O=C1CCn2c(nc3ccccc32)C1C(=O)Nc1ccc(Br)cc1. The highest BCUT2D eigenvalue weighted by molar-refractivity contribution is 9.10. The zero-order chi connectivity index (χ0) is 16.7. The molecule has 0 spiro atoms. The molecule has 6 heteroatoms. The molecule has 0 saturated heterocycles. The predicted molar refractivity (Wildman–Crippen MR) is 94.9 cm³/mol. The zero-order valence-electron chi connectivity index (χ0n) is 12.7. The number of benzene rings is 2. The summed E-state index contributed by atoms with van der Waals surface area (Å²) in [4.78, 5) is 29.6. The average Bonchev–Trinajstić information content (AvgIpc) is 2.95. The number of Topliss-reactive ketones (excluding diaryl/α,β-unsaturated/α-hetero) is 1. The molecule has 3 aromatic rings. The molecule has 1 amide bonds. The van der Waals surface area contributed by atoms with Gasteiger partial charge in [0.15, 0.2) is 11.7 Å². The predicted octanol–water partition coefficient (Wildman–Crippen LogP) is 3.49. The van der Waals surface area contributed by atoms with Crippen molar-refractivity contribution in [2.24, 2.45) is 0 Å². The number of anilines is 1. The van der Waals surface area contributed by atoms with E-state index in [4.69, 9.17) is 0 Å². The Morgan fingerprint density at radius 1 is 1.17 bits per heavy atom. The summed E-state index contributed by atoms with van der Waals surface area (Å²) < 4.78 is 2.90. The van der Waals surface area contributed by atoms with Crippen molar-refractivity contribution in [2.75, 3.05) is 5.32 Å². The summed E-state index contributed by atoms with van der Waals surface area (Å²) in [6.45, 7) is 0.566. The maximum atomic E-state index is 12.7. The van der Waals surface area contributed by atoms with E-state index in [9.17, 15) is 9.59 Å². The fraction of sp³-hybridized carbons (Fsp3) is 0.167. The lowest BCUT2D eigenvalue weighted by Crippen LogP contribution is -2.34. The molecule has 1 N–H and O–H groups in total. The highest BCUT2D eigenvalue weighted by atomic mass is 79.9. The monoisotopic (exact) mass is 383 g/mol. The molecule has 1 aliphatic rings. The molecule has 1 atom stereocenters. The summed E-state index contributed by atoms with van der Waals surface area (Å²) in [5, 5.41) is 2.82. The van der Waals surface area contributed by atoms with Crippen LogP contribution in [0.5, 0.6) is 0 Å². The molecule has 5 nitrogen and oxygen atoms in total. The Labute approximate surface area is 146 Å². The van der Waals surface area contributed by atoms with Gasteiger partial charge in [-0.2, -0.15) is 0 Å². The highest BCUT2D eigenvalue weighted by Crippen LogP contribution is 2.29. The van der Waals surface area contributed by atoms with Crippen molar-refractivity contribution >= 4 is 44.3 Å². The molecule has 24 heavy (non-hydrogen) atoms. The molecule has 2 aromatic carbocycles. The van der Waals surface area contributed by atoms with Gasteiger partial charge in [-0.15, -0.1) is 0 Å². The second kappa shape index (κ2) is 5.87. The highest BCUT2D eigenvalue weighted by Gasteiger charge is 2.36. The molecule has 120 valence electrons. The zero-order valence-corrected chi connectivity index (χ0v) is 14.3. The number of aryl methyl sites for hydroxylation is 1. The number of aromatic nitrogens is 2. The first-order valence-electron chi connectivity index (χ1n) is 7.68. The van der Waals surface area contributed by atoms with E-state index in [2.05, 4.69) is 26.2 Å². The number of carbonyl (C=O) groups excluding carboxylic acids is 2. The standard InChI is InChI=1S/C18H14BrN3O2/c19-11-5-7-12(8-6-11)20-18(24)16-15(23)9-10-22-14-4-2-1-3-13(14)21-17(16)22/h1-8,16H,9-10H2,(H,20,24). The molecule has 2 heterocycles. The normalized spacial score (nSPS) is 16.9. The quantitative estimate of drug-likeness (QED) is 0.688. The number of hydrogen-bond acceptors (Lipinski definition) is 3. The van der Waals surface area contributed by atoms with E-state index in [1.54, 1.807) is 12.1 Å². The molecule has 1 aliphatic heterocycles. The van der Waals surface area contributed by atoms with Gasteiger partial charge < -0.3 is 9.88 Å². The van der Waals surface area contributed by atoms with Gasteiger partial charge in [0.2, 0.25) is 5.91 Å². The molecule has 1 aromatic heterocycles. The van der Waals surface area contributed by atoms with Crippen molar-refractivity contribution in [2.45, 2.75) is 18.9 Å². The van der Waals surface area contributed by atoms with Crippen LogP contribution in [-0.4, -0.2) is 21.2 Å². The van der Waals surface area contributed by atoms with Gasteiger partial charge in [-0.1, -0.05) is 28.1 Å². The van der Waals surface area contributed by atoms with Crippen molar-refractivity contribution < 1.29 is 9.59 Å². The lowest BCUT2D eigenvalue weighted by atomic mass is 9.96. The first-order valence-corrected chi connectivity index (χ1v) is 8.47. The van der Waals surface area contributed by atoms with Gasteiger partial charge in [0.05, 0.1) is 11.0 Å². The minimum Gasteiger partial charge on any atom is -0.326 e. The van der Waals surface area contributed by atoms with E-state index in [1.807, 2.05) is 41.0 Å². The summed E-state index contributed by atoms with van der Waals surface area (Å²) in [6, 6.07) is 15.0. The smallest absolute Gasteiger partial charge is 0.242 e. The number of fused-ring (bicyclic) bond motifs is 3. The number of nitrogens with one attached hydrogen (secondary N) is 1. The van der Waals surface area contributed by atoms with E-state index in [0.717, 1.165) is 15.5 Å². The summed E-state index contributed by atoms with van der Waals surface area (Å²) in [5.74, 6) is -0.761. The third-order valence-corrected chi connectivity index (χ3v) is 4.75. The van der Waals surface area contributed by atoms with E-state index < -0.39 is 5.92 Å². The molecule has 0 saturated carbocycles. The first-order chi connectivity index (χ1) is 11.6. The van der Waals surface area contributed by atoms with E-state index in [0.29, 0.717) is 24.5 Å². The van der Waals surface area contributed by atoms with E-state index >= 15 is 0 Å². The first kappa shape index (κ1) is 15.1. The molecule has 0 aliphatic carbocycles. The molecule has 0 bridgehead atoms. The van der Waals surface area contributed by atoms with Gasteiger partial charge in [-0.25, -0.2) is 4.98 Å². The summed E-state index contributed by atoms with van der Waals surface area (Å²) in [7, 11) is 0. The topological polar surface area (TPSA) is 64.0 Å². The van der Waals surface area contributed by atoms with Crippen LogP contribution in [0, 0.1) is 0 Å². The van der Waals surface area contributed by atoms with Crippen LogP contribution in [0.3, 0.4) is 0 Å².